The number of amides is 2. The molecule has 28 heavy (non-hydrogen) atoms. The van der Waals surface area contributed by atoms with Gasteiger partial charge in [-0.25, -0.2) is 0 Å². The number of ether oxygens (including phenoxy) is 1. The lowest BCUT2D eigenvalue weighted by molar-refractivity contribution is 0.0922. The standard InChI is InChI=1S/C22H27N3O3/c1-28-19-9-5-6-16(14-19)10-12-24-21(26)17-11-13-23-20(15-17)22(27)25-18-7-3-2-4-8-18/h5-6,9,11,13-15,18H,2-4,7-8,10,12H2,1H3,(H,24,26)(H,25,27). The number of nitrogens with zero attached hydrogens (tertiary/aromatic N) is 1. The van der Waals surface area contributed by atoms with Crippen molar-refractivity contribution in [2.24, 2.45) is 0 Å². The molecule has 2 aromatic rings. The van der Waals surface area contributed by atoms with Gasteiger partial charge in [0.15, 0.2) is 0 Å². The first-order chi connectivity index (χ1) is 13.7. The van der Waals surface area contributed by atoms with Crippen LogP contribution < -0.4 is 15.4 Å². The highest BCUT2D eigenvalue weighted by Gasteiger charge is 2.18. The normalized spacial score (nSPS) is 14.3. The third kappa shape index (κ3) is 5.55. The zero-order chi connectivity index (χ0) is 19.8. The molecule has 0 saturated heterocycles. The predicted octanol–water partition coefficient (Wildman–Crippen LogP) is 3.13. The van der Waals surface area contributed by atoms with Crippen molar-refractivity contribution in [1.82, 2.24) is 15.6 Å². The Morgan fingerprint density at radius 3 is 2.71 bits per heavy atom. The van der Waals surface area contributed by atoms with Gasteiger partial charge in [-0.1, -0.05) is 31.4 Å². The molecule has 1 fully saturated rings. The third-order valence-electron chi connectivity index (χ3n) is 5.03. The highest BCUT2D eigenvalue weighted by atomic mass is 16.5. The smallest absolute Gasteiger partial charge is 0.270 e. The van der Waals surface area contributed by atoms with Gasteiger partial charge in [0.2, 0.25) is 0 Å². The zero-order valence-corrected chi connectivity index (χ0v) is 16.2. The molecule has 0 bridgehead atoms. The van der Waals surface area contributed by atoms with Crippen LogP contribution in [0.2, 0.25) is 0 Å². The summed E-state index contributed by atoms with van der Waals surface area (Å²) in [4.78, 5) is 29.0. The maximum atomic E-state index is 12.4. The molecule has 1 aromatic heterocycles. The molecule has 1 saturated carbocycles. The Kier molecular flexibility index (Phi) is 7.00. The summed E-state index contributed by atoms with van der Waals surface area (Å²) in [5, 5.41) is 5.92. The molecule has 6 nitrogen and oxygen atoms in total. The first-order valence-electron chi connectivity index (χ1n) is 9.84. The number of nitrogens with one attached hydrogen (secondary N) is 2. The number of carbonyl (C=O) groups is 2. The monoisotopic (exact) mass is 381 g/mol. The van der Waals surface area contributed by atoms with Gasteiger partial charge in [0.25, 0.3) is 11.8 Å². The Morgan fingerprint density at radius 1 is 1.11 bits per heavy atom. The van der Waals surface area contributed by atoms with Crippen molar-refractivity contribution in [3.05, 3.63) is 59.4 Å². The van der Waals surface area contributed by atoms with E-state index in [2.05, 4.69) is 15.6 Å². The van der Waals surface area contributed by atoms with Crippen molar-refractivity contribution in [2.75, 3.05) is 13.7 Å². The summed E-state index contributed by atoms with van der Waals surface area (Å²) >= 11 is 0. The molecule has 148 valence electrons. The van der Waals surface area contributed by atoms with Crippen LogP contribution >= 0.6 is 0 Å². The van der Waals surface area contributed by atoms with Gasteiger partial charge < -0.3 is 15.4 Å². The summed E-state index contributed by atoms with van der Waals surface area (Å²) in [6, 6.07) is 11.1. The van der Waals surface area contributed by atoms with E-state index in [0.717, 1.165) is 37.0 Å². The lowest BCUT2D eigenvalue weighted by atomic mass is 9.95. The van der Waals surface area contributed by atoms with Crippen LogP contribution in [0.25, 0.3) is 0 Å². The number of carbonyl (C=O) groups excluding carboxylic acids is 2. The molecule has 0 spiro atoms. The molecule has 0 radical (unpaired) electrons. The molecule has 0 unspecified atom stereocenters. The van der Waals surface area contributed by atoms with Crippen LogP contribution in [0.3, 0.4) is 0 Å². The van der Waals surface area contributed by atoms with Crippen LogP contribution in [-0.4, -0.2) is 36.5 Å². The van der Waals surface area contributed by atoms with Crippen LogP contribution in [-0.2, 0) is 6.42 Å². The molecule has 0 atom stereocenters. The molecule has 1 aromatic carbocycles. The van der Waals surface area contributed by atoms with Gasteiger partial charge in [-0.15, -0.1) is 0 Å². The van der Waals surface area contributed by atoms with Crippen LogP contribution in [0, 0.1) is 0 Å². The number of aromatic nitrogens is 1. The summed E-state index contributed by atoms with van der Waals surface area (Å²) in [5.41, 5.74) is 1.81. The molecule has 1 aliphatic rings. The van der Waals surface area contributed by atoms with Crippen molar-refractivity contribution < 1.29 is 14.3 Å². The van der Waals surface area contributed by atoms with Crippen LogP contribution in [0.4, 0.5) is 0 Å². The van der Waals surface area contributed by atoms with Gasteiger partial charge in [0.05, 0.1) is 7.11 Å². The van der Waals surface area contributed by atoms with Crippen molar-refractivity contribution in [3.63, 3.8) is 0 Å². The highest BCUT2D eigenvalue weighted by Crippen LogP contribution is 2.18. The minimum atomic E-state index is -0.211. The minimum absolute atomic E-state index is 0.210. The van der Waals surface area contributed by atoms with Crippen molar-refractivity contribution in [1.29, 1.82) is 0 Å². The number of rotatable bonds is 7. The second-order valence-electron chi connectivity index (χ2n) is 7.10. The average Bonchev–Trinajstić information content (AvgIpc) is 2.74. The fraction of sp³-hybridized carbons (Fsp3) is 0.409. The number of methoxy groups -OCH3 is 1. The third-order valence-corrected chi connectivity index (χ3v) is 5.03. The Balaban J connectivity index is 1.53. The minimum Gasteiger partial charge on any atom is -0.497 e. The van der Waals surface area contributed by atoms with E-state index >= 15 is 0 Å². The van der Waals surface area contributed by atoms with Gasteiger partial charge >= 0.3 is 0 Å². The van der Waals surface area contributed by atoms with Gasteiger partial charge in [-0.05, 0) is 49.1 Å². The van der Waals surface area contributed by atoms with E-state index in [1.807, 2.05) is 24.3 Å². The molecule has 3 rings (SSSR count). The predicted molar refractivity (Wildman–Crippen MR) is 108 cm³/mol. The van der Waals surface area contributed by atoms with E-state index in [1.165, 1.54) is 12.6 Å². The van der Waals surface area contributed by atoms with Gasteiger partial charge in [-0.3, -0.25) is 14.6 Å². The zero-order valence-electron chi connectivity index (χ0n) is 16.2. The molecule has 6 heteroatoms. The van der Waals surface area contributed by atoms with Crippen molar-refractivity contribution in [3.8, 4) is 5.75 Å². The summed E-state index contributed by atoms with van der Waals surface area (Å²) in [7, 11) is 1.63. The summed E-state index contributed by atoms with van der Waals surface area (Å²) in [6.45, 7) is 0.498. The van der Waals surface area contributed by atoms with Gasteiger partial charge in [-0.2, -0.15) is 0 Å². The molecule has 1 heterocycles. The maximum Gasteiger partial charge on any atom is 0.270 e. The Hall–Kier alpha value is -2.89. The van der Waals surface area contributed by atoms with E-state index in [9.17, 15) is 9.59 Å². The van der Waals surface area contributed by atoms with E-state index < -0.39 is 0 Å². The largest absolute Gasteiger partial charge is 0.497 e. The topological polar surface area (TPSA) is 80.3 Å². The highest BCUT2D eigenvalue weighted by molar-refractivity contribution is 5.98. The van der Waals surface area contributed by atoms with Gasteiger partial charge in [0.1, 0.15) is 11.4 Å². The SMILES string of the molecule is COc1cccc(CCNC(=O)c2ccnc(C(=O)NC3CCCCC3)c2)c1. The van der Waals surface area contributed by atoms with Crippen LogP contribution in [0.15, 0.2) is 42.6 Å². The van der Waals surface area contributed by atoms with E-state index in [1.54, 1.807) is 19.2 Å². The Bertz CT molecular complexity index is 816. The van der Waals surface area contributed by atoms with Crippen molar-refractivity contribution >= 4 is 11.8 Å². The molecule has 0 aliphatic heterocycles. The second-order valence-corrected chi connectivity index (χ2v) is 7.10. The lowest BCUT2D eigenvalue weighted by Gasteiger charge is -2.22. The van der Waals surface area contributed by atoms with E-state index in [4.69, 9.17) is 4.74 Å². The summed E-state index contributed by atoms with van der Waals surface area (Å²) in [6.07, 6.45) is 7.75. The molecule has 1 aliphatic carbocycles. The molecular formula is C22H27N3O3. The number of hydrogen-bond acceptors (Lipinski definition) is 4. The molecular weight excluding hydrogens is 354 g/mol. The molecule has 2 amide bonds. The van der Waals surface area contributed by atoms with Gasteiger partial charge in [0, 0.05) is 24.3 Å². The Labute approximate surface area is 165 Å². The quantitative estimate of drug-likeness (QED) is 0.772. The first-order valence-corrected chi connectivity index (χ1v) is 9.84. The van der Waals surface area contributed by atoms with E-state index in [-0.39, 0.29) is 23.6 Å². The number of benzene rings is 1. The Morgan fingerprint density at radius 2 is 1.93 bits per heavy atom. The second kappa shape index (κ2) is 9.88. The number of hydrogen-bond donors (Lipinski definition) is 2. The summed E-state index contributed by atoms with van der Waals surface area (Å²) < 4.78 is 5.21. The number of pyridine rings is 1. The lowest BCUT2D eigenvalue weighted by Crippen LogP contribution is -2.36. The summed E-state index contributed by atoms with van der Waals surface area (Å²) in [5.74, 6) is 0.376. The maximum absolute atomic E-state index is 12.4. The van der Waals surface area contributed by atoms with Crippen molar-refractivity contribution in [2.45, 2.75) is 44.6 Å². The fourth-order valence-corrected chi connectivity index (χ4v) is 3.45. The van der Waals surface area contributed by atoms with Crippen LogP contribution in [0.5, 0.6) is 5.75 Å². The van der Waals surface area contributed by atoms with Crippen LogP contribution in [0.1, 0.15) is 58.5 Å². The first kappa shape index (κ1) is 19.9. The fourth-order valence-electron chi connectivity index (χ4n) is 3.45. The average molecular weight is 381 g/mol. The molecule has 2 N–H and O–H groups in total. The van der Waals surface area contributed by atoms with E-state index in [0.29, 0.717) is 18.5 Å².